The molecule has 1 aliphatic rings. The first kappa shape index (κ1) is 11.5. The molecule has 1 aromatic carbocycles. The van der Waals surface area contributed by atoms with Gasteiger partial charge < -0.3 is 4.74 Å². The molecule has 1 aliphatic carbocycles. The molecule has 0 spiro atoms. The molecule has 2 nitrogen and oxygen atoms in total. The van der Waals surface area contributed by atoms with Gasteiger partial charge in [0.1, 0.15) is 0 Å². The Morgan fingerprint density at radius 3 is 2.50 bits per heavy atom. The maximum Gasteiger partial charge on any atom is 0.310 e. The minimum Gasteiger partial charge on any atom is -0.469 e. The third kappa shape index (κ3) is 1.96. The fraction of sp³-hybridized carbons (Fsp3) is 0.462. The van der Waals surface area contributed by atoms with E-state index in [-0.39, 0.29) is 17.3 Å². The van der Waals surface area contributed by atoms with E-state index in [0.717, 1.165) is 0 Å². The van der Waals surface area contributed by atoms with Gasteiger partial charge in [-0.2, -0.15) is 0 Å². The van der Waals surface area contributed by atoms with Gasteiger partial charge in [0.05, 0.1) is 13.0 Å². The quantitative estimate of drug-likeness (QED) is 0.755. The highest BCUT2D eigenvalue weighted by atomic mass is 32.2. The third-order valence-corrected chi connectivity index (χ3v) is 4.87. The van der Waals surface area contributed by atoms with Gasteiger partial charge in [-0.25, -0.2) is 0 Å². The molecule has 0 amide bonds. The number of carbonyl (C=O) groups excluding carboxylic acids is 1. The van der Waals surface area contributed by atoms with Crippen LogP contribution in [-0.4, -0.2) is 18.3 Å². The predicted molar refractivity (Wildman–Crippen MR) is 65.4 cm³/mol. The second-order valence-electron chi connectivity index (χ2n) is 4.67. The Kier molecular flexibility index (Phi) is 2.98. The number of hydrogen-bond acceptors (Lipinski definition) is 3. The van der Waals surface area contributed by atoms with E-state index in [1.807, 2.05) is 18.2 Å². The van der Waals surface area contributed by atoms with Crippen LogP contribution in [-0.2, 0) is 9.53 Å². The highest BCUT2D eigenvalue weighted by molar-refractivity contribution is 8.00. The molecule has 16 heavy (non-hydrogen) atoms. The van der Waals surface area contributed by atoms with Crippen molar-refractivity contribution in [3.63, 3.8) is 0 Å². The molecule has 2 atom stereocenters. The van der Waals surface area contributed by atoms with Crippen LogP contribution >= 0.6 is 11.8 Å². The lowest BCUT2D eigenvalue weighted by Crippen LogP contribution is -2.07. The van der Waals surface area contributed by atoms with E-state index in [0.29, 0.717) is 5.25 Å². The van der Waals surface area contributed by atoms with E-state index in [4.69, 9.17) is 4.74 Å². The number of methoxy groups -OCH3 is 1. The zero-order chi connectivity index (χ0) is 11.8. The monoisotopic (exact) mass is 236 g/mol. The number of thioether (sulfide) groups is 1. The summed E-state index contributed by atoms with van der Waals surface area (Å²) in [6.07, 6.45) is 0. The first-order chi connectivity index (χ1) is 7.57. The number of carbonyl (C=O) groups is 1. The van der Waals surface area contributed by atoms with E-state index in [2.05, 4.69) is 26.0 Å². The fourth-order valence-electron chi connectivity index (χ4n) is 2.01. The lowest BCUT2D eigenvalue weighted by Gasteiger charge is -2.01. The number of ether oxygens (including phenoxy) is 1. The van der Waals surface area contributed by atoms with Crippen molar-refractivity contribution in [2.45, 2.75) is 24.0 Å². The van der Waals surface area contributed by atoms with Crippen molar-refractivity contribution in [2.24, 2.45) is 11.3 Å². The Bertz CT molecular complexity index is 386. The molecule has 0 aliphatic heterocycles. The van der Waals surface area contributed by atoms with Gasteiger partial charge in [0, 0.05) is 10.1 Å². The molecule has 0 N–H and O–H groups in total. The first-order valence-electron chi connectivity index (χ1n) is 5.37. The van der Waals surface area contributed by atoms with Crippen molar-refractivity contribution in [2.75, 3.05) is 7.11 Å². The zero-order valence-electron chi connectivity index (χ0n) is 9.77. The SMILES string of the molecule is COC(=O)C1C(Sc2ccccc2)C1(C)C. The lowest BCUT2D eigenvalue weighted by molar-refractivity contribution is -0.142. The molecule has 2 rings (SSSR count). The van der Waals surface area contributed by atoms with Crippen LogP contribution in [0.15, 0.2) is 35.2 Å². The molecular formula is C13H16O2S. The molecule has 1 saturated carbocycles. The largest absolute Gasteiger partial charge is 0.469 e. The topological polar surface area (TPSA) is 26.3 Å². The van der Waals surface area contributed by atoms with Gasteiger partial charge >= 0.3 is 5.97 Å². The lowest BCUT2D eigenvalue weighted by atomic mass is 10.1. The van der Waals surface area contributed by atoms with Gasteiger partial charge in [-0.05, 0) is 17.5 Å². The summed E-state index contributed by atoms with van der Waals surface area (Å²) in [6, 6.07) is 10.2. The van der Waals surface area contributed by atoms with Crippen LogP contribution in [0.3, 0.4) is 0 Å². The van der Waals surface area contributed by atoms with Gasteiger partial charge in [0.15, 0.2) is 0 Å². The molecular weight excluding hydrogens is 220 g/mol. The number of esters is 1. The summed E-state index contributed by atoms with van der Waals surface area (Å²) in [4.78, 5) is 12.8. The molecule has 1 fully saturated rings. The van der Waals surface area contributed by atoms with Crippen LogP contribution in [0.4, 0.5) is 0 Å². The Hall–Kier alpha value is -0.960. The predicted octanol–water partition coefficient (Wildman–Crippen LogP) is 2.98. The van der Waals surface area contributed by atoms with E-state index >= 15 is 0 Å². The van der Waals surface area contributed by atoms with Crippen LogP contribution in [0, 0.1) is 11.3 Å². The summed E-state index contributed by atoms with van der Waals surface area (Å²) in [5, 5.41) is 0.336. The van der Waals surface area contributed by atoms with E-state index < -0.39 is 0 Å². The Labute approximate surface area is 100 Å². The highest BCUT2D eigenvalue weighted by Crippen LogP contribution is 2.61. The molecule has 0 heterocycles. The third-order valence-electron chi connectivity index (χ3n) is 3.19. The number of benzene rings is 1. The van der Waals surface area contributed by atoms with Crippen molar-refractivity contribution >= 4 is 17.7 Å². The van der Waals surface area contributed by atoms with Crippen LogP contribution in [0.2, 0.25) is 0 Å². The molecule has 1 aromatic rings. The maximum absolute atomic E-state index is 11.6. The van der Waals surface area contributed by atoms with E-state index in [1.54, 1.807) is 11.8 Å². The van der Waals surface area contributed by atoms with Crippen molar-refractivity contribution < 1.29 is 9.53 Å². The van der Waals surface area contributed by atoms with E-state index in [1.165, 1.54) is 12.0 Å². The minimum atomic E-state index is -0.0848. The summed E-state index contributed by atoms with van der Waals surface area (Å²) >= 11 is 1.77. The highest BCUT2D eigenvalue weighted by Gasteiger charge is 2.63. The number of rotatable bonds is 3. The second kappa shape index (κ2) is 4.13. The molecule has 2 unspecified atom stereocenters. The van der Waals surface area contributed by atoms with Gasteiger partial charge in [-0.15, -0.1) is 11.8 Å². The minimum absolute atomic E-state index is 0.0303. The van der Waals surface area contributed by atoms with Crippen LogP contribution in [0.25, 0.3) is 0 Å². The zero-order valence-corrected chi connectivity index (χ0v) is 10.6. The van der Waals surface area contributed by atoms with Crippen molar-refractivity contribution in [3.05, 3.63) is 30.3 Å². The van der Waals surface area contributed by atoms with Crippen LogP contribution in [0.5, 0.6) is 0 Å². The summed E-state index contributed by atoms with van der Waals surface area (Å²) in [5.74, 6) is -0.0545. The summed E-state index contributed by atoms with van der Waals surface area (Å²) in [6.45, 7) is 4.24. The van der Waals surface area contributed by atoms with Crippen LogP contribution in [0.1, 0.15) is 13.8 Å². The molecule has 0 saturated heterocycles. The Morgan fingerprint density at radius 2 is 1.94 bits per heavy atom. The Morgan fingerprint density at radius 1 is 1.31 bits per heavy atom. The maximum atomic E-state index is 11.6. The fourth-order valence-corrected chi connectivity index (χ4v) is 3.59. The van der Waals surface area contributed by atoms with Crippen molar-refractivity contribution in [3.8, 4) is 0 Å². The van der Waals surface area contributed by atoms with E-state index in [9.17, 15) is 4.79 Å². The molecule has 0 bridgehead atoms. The molecule has 0 radical (unpaired) electrons. The average molecular weight is 236 g/mol. The van der Waals surface area contributed by atoms with Crippen molar-refractivity contribution in [1.82, 2.24) is 0 Å². The van der Waals surface area contributed by atoms with Gasteiger partial charge in [-0.3, -0.25) is 4.79 Å². The standard InChI is InChI=1S/C13H16O2S/c1-13(2)10(12(14)15-3)11(13)16-9-7-5-4-6-8-9/h4-8,10-11H,1-3H3. The summed E-state index contributed by atoms with van der Waals surface area (Å²) in [7, 11) is 1.46. The number of hydrogen-bond donors (Lipinski definition) is 0. The first-order valence-corrected chi connectivity index (χ1v) is 6.25. The Balaban J connectivity index is 2.05. The molecule has 0 aromatic heterocycles. The summed E-state index contributed by atoms with van der Waals surface area (Å²) < 4.78 is 4.83. The second-order valence-corrected chi connectivity index (χ2v) is 5.89. The normalized spacial score (nSPS) is 26.2. The smallest absolute Gasteiger partial charge is 0.310 e. The summed E-state index contributed by atoms with van der Waals surface area (Å²) in [5.41, 5.74) is 0.0492. The van der Waals surface area contributed by atoms with Crippen molar-refractivity contribution in [1.29, 1.82) is 0 Å². The molecule has 3 heteroatoms. The van der Waals surface area contributed by atoms with Gasteiger partial charge in [0.2, 0.25) is 0 Å². The van der Waals surface area contributed by atoms with Gasteiger partial charge in [0.25, 0.3) is 0 Å². The van der Waals surface area contributed by atoms with Gasteiger partial charge in [-0.1, -0.05) is 32.0 Å². The molecule has 86 valence electrons. The van der Waals surface area contributed by atoms with Crippen LogP contribution < -0.4 is 0 Å². The average Bonchev–Trinajstić information content (AvgIpc) is 2.81.